The number of imidazole rings is 1. The number of aryl methyl sites for hydroxylation is 1. The van der Waals surface area contributed by atoms with Crippen LogP contribution >= 0.6 is 0 Å². The molecule has 0 fully saturated rings. The minimum absolute atomic E-state index is 0.0137. The Labute approximate surface area is 93.5 Å². The van der Waals surface area contributed by atoms with Gasteiger partial charge in [0.25, 0.3) is 5.91 Å². The Morgan fingerprint density at radius 3 is 3.06 bits per heavy atom. The van der Waals surface area contributed by atoms with Crippen molar-refractivity contribution in [2.75, 3.05) is 6.61 Å². The van der Waals surface area contributed by atoms with Gasteiger partial charge in [-0.2, -0.15) is 0 Å². The molecule has 0 radical (unpaired) electrons. The third-order valence-corrected chi connectivity index (χ3v) is 2.14. The highest BCUT2D eigenvalue weighted by atomic mass is 16.5. The molecule has 0 atom stereocenters. The average molecular weight is 216 g/mol. The van der Waals surface area contributed by atoms with Gasteiger partial charge in [0.15, 0.2) is 6.61 Å². The van der Waals surface area contributed by atoms with Gasteiger partial charge in [-0.3, -0.25) is 9.36 Å². The first kappa shape index (κ1) is 10.4. The quantitative estimate of drug-likeness (QED) is 0.787. The lowest BCUT2D eigenvalue weighted by atomic mass is 10.2. The molecule has 0 N–H and O–H groups in total. The van der Waals surface area contributed by atoms with Crippen molar-refractivity contribution in [3.05, 3.63) is 48.5 Å². The topological polar surface area (TPSA) is 44.1 Å². The lowest BCUT2D eigenvalue weighted by Gasteiger charge is -2.05. The second-order valence-corrected chi connectivity index (χ2v) is 3.47. The van der Waals surface area contributed by atoms with E-state index < -0.39 is 0 Å². The molecule has 2 rings (SSSR count). The average Bonchev–Trinajstić information content (AvgIpc) is 2.79. The summed E-state index contributed by atoms with van der Waals surface area (Å²) in [4.78, 5) is 15.4. The maximum absolute atomic E-state index is 11.6. The Balaban J connectivity index is 1.95. The van der Waals surface area contributed by atoms with Crippen molar-refractivity contribution in [2.45, 2.75) is 6.92 Å². The second-order valence-electron chi connectivity index (χ2n) is 3.47. The van der Waals surface area contributed by atoms with E-state index in [0.29, 0.717) is 5.75 Å². The summed E-state index contributed by atoms with van der Waals surface area (Å²) in [6.07, 6.45) is 4.62. The summed E-state index contributed by atoms with van der Waals surface area (Å²) in [5.41, 5.74) is 1.10. The summed E-state index contributed by atoms with van der Waals surface area (Å²) in [7, 11) is 0. The second kappa shape index (κ2) is 4.61. The van der Waals surface area contributed by atoms with Crippen LogP contribution < -0.4 is 4.74 Å². The normalized spacial score (nSPS) is 10.1. The van der Waals surface area contributed by atoms with Crippen molar-refractivity contribution < 1.29 is 9.53 Å². The Kier molecular flexibility index (Phi) is 3.00. The molecular formula is C12H12N2O2. The van der Waals surface area contributed by atoms with Crippen molar-refractivity contribution in [1.82, 2.24) is 9.55 Å². The van der Waals surface area contributed by atoms with E-state index in [0.717, 1.165) is 5.56 Å². The van der Waals surface area contributed by atoms with Crippen molar-refractivity contribution in [1.29, 1.82) is 0 Å². The van der Waals surface area contributed by atoms with Gasteiger partial charge in [0.1, 0.15) is 12.1 Å². The minimum atomic E-state index is -0.140. The third kappa shape index (κ3) is 2.48. The first-order valence-corrected chi connectivity index (χ1v) is 4.96. The fourth-order valence-corrected chi connectivity index (χ4v) is 1.33. The number of hydrogen-bond donors (Lipinski definition) is 0. The van der Waals surface area contributed by atoms with E-state index in [1.165, 1.54) is 10.9 Å². The van der Waals surface area contributed by atoms with Crippen LogP contribution in [0.4, 0.5) is 0 Å². The lowest BCUT2D eigenvalue weighted by molar-refractivity contribution is 0.0837. The molecule has 1 aromatic heterocycles. The molecule has 4 heteroatoms. The highest BCUT2D eigenvalue weighted by Gasteiger charge is 2.04. The molecule has 0 saturated carbocycles. The highest BCUT2D eigenvalue weighted by molar-refractivity contribution is 5.80. The standard InChI is InChI=1S/C12H12N2O2/c1-10-3-2-4-11(7-10)16-8-12(15)14-6-5-13-9-14/h2-7,9H,8H2,1H3. The van der Waals surface area contributed by atoms with Crippen LogP contribution in [0.2, 0.25) is 0 Å². The molecule has 0 saturated heterocycles. The monoisotopic (exact) mass is 216 g/mol. The van der Waals surface area contributed by atoms with Gasteiger partial charge in [-0.05, 0) is 24.6 Å². The van der Waals surface area contributed by atoms with Crippen LogP contribution in [0.5, 0.6) is 5.75 Å². The number of rotatable bonds is 3. The molecule has 0 spiro atoms. The zero-order chi connectivity index (χ0) is 11.4. The molecular weight excluding hydrogens is 204 g/mol. The Morgan fingerprint density at radius 1 is 1.50 bits per heavy atom. The van der Waals surface area contributed by atoms with Gasteiger partial charge < -0.3 is 4.74 Å². The maximum atomic E-state index is 11.6. The van der Waals surface area contributed by atoms with Gasteiger partial charge in [0.2, 0.25) is 0 Å². The summed E-state index contributed by atoms with van der Waals surface area (Å²) < 4.78 is 6.77. The zero-order valence-corrected chi connectivity index (χ0v) is 8.96. The molecule has 0 bridgehead atoms. The molecule has 1 aromatic carbocycles. The Hall–Kier alpha value is -2.10. The molecule has 82 valence electrons. The third-order valence-electron chi connectivity index (χ3n) is 2.14. The van der Waals surface area contributed by atoms with E-state index in [9.17, 15) is 4.79 Å². The van der Waals surface area contributed by atoms with Crippen LogP contribution in [0.3, 0.4) is 0 Å². The Morgan fingerprint density at radius 2 is 2.38 bits per heavy atom. The van der Waals surface area contributed by atoms with Crippen LogP contribution in [0.25, 0.3) is 0 Å². The number of benzene rings is 1. The smallest absolute Gasteiger partial charge is 0.269 e. The molecule has 2 aromatic rings. The lowest BCUT2D eigenvalue weighted by Crippen LogP contribution is -2.17. The highest BCUT2D eigenvalue weighted by Crippen LogP contribution is 2.12. The zero-order valence-electron chi connectivity index (χ0n) is 8.96. The van der Waals surface area contributed by atoms with Gasteiger partial charge in [-0.1, -0.05) is 12.1 Å². The predicted molar refractivity (Wildman–Crippen MR) is 59.5 cm³/mol. The van der Waals surface area contributed by atoms with E-state index in [-0.39, 0.29) is 12.5 Å². The number of aromatic nitrogens is 2. The largest absolute Gasteiger partial charge is 0.484 e. The molecule has 0 aliphatic rings. The molecule has 4 nitrogen and oxygen atoms in total. The molecule has 1 heterocycles. The van der Waals surface area contributed by atoms with Gasteiger partial charge in [0.05, 0.1) is 0 Å². The molecule has 0 aliphatic heterocycles. The minimum Gasteiger partial charge on any atom is -0.484 e. The van der Waals surface area contributed by atoms with Crippen LogP contribution in [-0.4, -0.2) is 22.1 Å². The van der Waals surface area contributed by atoms with Gasteiger partial charge in [-0.15, -0.1) is 0 Å². The van der Waals surface area contributed by atoms with E-state index in [4.69, 9.17) is 4.74 Å². The van der Waals surface area contributed by atoms with E-state index >= 15 is 0 Å². The first-order valence-electron chi connectivity index (χ1n) is 4.96. The number of ether oxygens (including phenoxy) is 1. The van der Waals surface area contributed by atoms with Crippen LogP contribution in [-0.2, 0) is 0 Å². The van der Waals surface area contributed by atoms with Crippen LogP contribution in [0.15, 0.2) is 43.0 Å². The number of carbonyl (C=O) groups excluding carboxylic acids is 1. The SMILES string of the molecule is Cc1cccc(OCC(=O)n2ccnc2)c1. The fraction of sp³-hybridized carbons (Fsp3) is 0.167. The summed E-state index contributed by atoms with van der Waals surface area (Å²) in [5, 5.41) is 0. The van der Waals surface area contributed by atoms with Gasteiger partial charge >= 0.3 is 0 Å². The maximum Gasteiger partial charge on any atom is 0.269 e. The summed E-state index contributed by atoms with van der Waals surface area (Å²) in [6, 6.07) is 7.59. The molecule has 0 aliphatic carbocycles. The van der Waals surface area contributed by atoms with Gasteiger partial charge in [-0.25, -0.2) is 4.98 Å². The summed E-state index contributed by atoms with van der Waals surface area (Å²) >= 11 is 0. The van der Waals surface area contributed by atoms with Crippen molar-refractivity contribution >= 4 is 5.91 Å². The predicted octanol–water partition coefficient (Wildman–Crippen LogP) is 1.91. The summed E-state index contributed by atoms with van der Waals surface area (Å²) in [6.45, 7) is 1.99. The van der Waals surface area contributed by atoms with Crippen LogP contribution in [0.1, 0.15) is 10.4 Å². The first-order chi connectivity index (χ1) is 7.75. The van der Waals surface area contributed by atoms with E-state index in [1.54, 1.807) is 12.4 Å². The summed E-state index contributed by atoms with van der Waals surface area (Å²) in [5.74, 6) is 0.562. The van der Waals surface area contributed by atoms with Crippen molar-refractivity contribution in [3.63, 3.8) is 0 Å². The van der Waals surface area contributed by atoms with E-state index in [1.807, 2.05) is 31.2 Å². The number of carbonyl (C=O) groups is 1. The van der Waals surface area contributed by atoms with Gasteiger partial charge in [0, 0.05) is 12.4 Å². The molecule has 0 amide bonds. The fourth-order valence-electron chi connectivity index (χ4n) is 1.33. The van der Waals surface area contributed by atoms with Crippen LogP contribution in [0, 0.1) is 6.92 Å². The molecule has 0 unspecified atom stereocenters. The van der Waals surface area contributed by atoms with Crippen molar-refractivity contribution in [2.24, 2.45) is 0 Å². The Bertz CT molecular complexity index is 478. The molecule has 16 heavy (non-hydrogen) atoms. The van der Waals surface area contributed by atoms with Crippen molar-refractivity contribution in [3.8, 4) is 5.75 Å². The number of nitrogens with zero attached hydrogens (tertiary/aromatic N) is 2. The van der Waals surface area contributed by atoms with E-state index in [2.05, 4.69) is 4.98 Å². The number of hydrogen-bond acceptors (Lipinski definition) is 3.